The second-order valence-electron chi connectivity index (χ2n) is 15.5. The molecule has 9 atom stereocenters. The van der Waals surface area contributed by atoms with Crippen LogP contribution >= 0.6 is 0 Å². The number of imidazole rings is 1. The highest BCUT2D eigenvalue weighted by molar-refractivity contribution is 5.95. The molecule has 210 valence electrons. The molecule has 0 aliphatic heterocycles. The molecule has 5 heteroatoms. The zero-order valence-electron chi connectivity index (χ0n) is 25.1. The van der Waals surface area contributed by atoms with Crippen LogP contribution in [0.15, 0.2) is 41.7 Å². The fourth-order valence-electron chi connectivity index (χ4n) is 11.3. The predicted molar refractivity (Wildman–Crippen MR) is 152 cm³/mol. The molecule has 0 saturated heterocycles. The van der Waals surface area contributed by atoms with Gasteiger partial charge in [0.25, 0.3) is 0 Å². The fraction of sp³-hybridized carbons (Fsp3) is 0.735. The number of hydrogen-bond acceptors (Lipinski definition) is 4. The van der Waals surface area contributed by atoms with Gasteiger partial charge in [-0.1, -0.05) is 54.0 Å². The molecule has 0 aromatic carbocycles. The van der Waals surface area contributed by atoms with Gasteiger partial charge in [0.15, 0.2) is 5.78 Å². The average molecular weight is 530 g/mol. The van der Waals surface area contributed by atoms with E-state index in [4.69, 9.17) is 0 Å². The van der Waals surface area contributed by atoms with Crippen molar-refractivity contribution < 1.29 is 9.90 Å². The third kappa shape index (κ3) is 3.30. The molecule has 3 saturated carbocycles. The van der Waals surface area contributed by atoms with Crippen LogP contribution in [0.4, 0.5) is 0 Å². The molecule has 0 bridgehead atoms. The monoisotopic (exact) mass is 529 g/mol. The SMILES string of the molecule is C[C@@H]1[C@H]2[C@H]3C(=O)C=C4[C@@]5(C)CC(C#N)=C(O)C(C)(C)[C@@H]5CC[C@@]4(C)[C@]3(C)CC[C@@]2(Cn2ccnc2)CC[C@H]1C. The van der Waals surface area contributed by atoms with E-state index in [1.807, 2.05) is 12.5 Å². The van der Waals surface area contributed by atoms with Crippen molar-refractivity contribution in [2.45, 2.75) is 100.0 Å². The summed E-state index contributed by atoms with van der Waals surface area (Å²) in [6, 6.07) is 2.34. The highest BCUT2D eigenvalue weighted by Crippen LogP contribution is 2.75. The Hall–Kier alpha value is -2.35. The van der Waals surface area contributed by atoms with Crippen molar-refractivity contribution in [1.82, 2.24) is 9.55 Å². The summed E-state index contributed by atoms with van der Waals surface area (Å²) < 4.78 is 2.26. The third-order valence-electron chi connectivity index (χ3n) is 13.7. The Morgan fingerprint density at radius 1 is 1.10 bits per heavy atom. The van der Waals surface area contributed by atoms with Crippen LogP contribution < -0.4 is 0 Å². The molecule has 1 N–H and O–H groups in total. The van der Waals surface area contributed by atoms with Crippen molar-refractivity contribution in [3.8, 4) is 6.07 Å². The first-order valence-corrected chi connectivity index (χ1v) is 15.3. The molecule has 1 heterocycles. The summed E-state index contributed by atoms with van der Waals surface area (Å²) in [7, 11) is 0. The number of fused-ring (bicyclic) bond motifs is 7. The number of ketones is 1. The van der Waals surface area contributed by atoms with Crippen LogP contribution in [0, 0.1) is 68.0 Å². The Morgan fingerprint density at radius 2 is 1.85 bits per heavy atom. The molecule has 0 unspecified atom stereocenters. The summed E-state index contributed by atoms with van der Waals surface area (Å²) in [5.74, 6) is 2.23. The molecular weight excluding hydrogens is 482 g/mol. The lowest BCUT2D eigenvalue weighted by molar-refractivity contribution is -0.181. The lowest BCUT2D eigenvalue weighted by atomic mass is 9.33. The number of nitriles is 1. The van der Waals surface area contributed by atoms with Crippen molar-refractivity contribution in [2.75, 3.05) is 0 Å². The van der Waals surface area contributed by atoms with Gasteiger partial charge in [-0.25, -0.2) is 4.98 Å². The van der Waals surface area contributed by atoms with Gasteiger partial charge in [0.05, 0.1) is 18.0 Å². The largest absolute Gasteiger partial charge is 0.511 e. The Bertz CT molecular complexity index is 1300. The van der Waals surface area contributed by atoms with Gasteiger partial charge in [-0.05, 0) is 96.4 Å². The Labute approximate surface area is 234 Å². The standard InChI is InChI=1S/C34H47N3O2/c1-21-8-11-34(19-37-15-14-36-20-37)13-12-33(7)28(27(34)22(21)2)24(38)16-26-31(5)17-23(18-35)29(39)30(3,4)25(31)9-10-32(26,33)6/h14-16,20-22,25,27-28,39H,8-13,17,19H2,1-7H3/t21-,22+,25+,27+,28-,31+,32-,33-,34-/m1/s1. The van der Waals surface area contributed by atoms with E-state index in [0.717, 1.165) is 32.2 Å². The molecule has 0 amide bonds. The molecule has 6 rings (SSSR count). The van der Waals surface area contributed by atoms with E-state index in [1.54, 1.807) is 0 Å². The van der Waals surface area contributed by atoms with Crippen molar-refractivity contribution in [2.24, 2.45) is 56.7 Å². The van der Waals surface area contributed by atoms with E-state index in [-0.39, 0.29) is 39.3 Å². The second kappa shape index (κ2) is 8.34. The molecule has 3 fully saturated rings. The van der Waals surface area contributed by atoms with Crippen LogP contribution in [-0.4, -0.2) is 20.4 Å². The van der Waals surface area contributed by atoms with Gasteiger partial charge in [-0.3, -0.25) is 4.79 Å². The number of allylic oxidation sites excluding steroid dienone is 4. The summed E-state index contributed by atoms with van der Waals surface area (Å²) in [5, 5.41) is 21.1. The molecule has 1 aromatic heterocycles. The second-order valence-corrected chi connectivity index (χ2v) is 15.5. The van der Waals surface area contributed by atoms with Gasteiger partial charge in [-0.15, -0.1) is 0 Å². The normalized spacial score (nSPS) is 46.8. The van der Waals surface area contributed by atoms with Crippen LogP contribution in [0.5, 0.6) is 0 Å². The van der Waals surface area contributed by atoms with Crippen molar-refractivity contribution in [3.63, 3.8) is 0 Å². The minimum absolute atomic E-state index is 0.0115. The van der Waals surface area contributed by atoms with Gasteiger partial charge < -0.3 is 9.67 Å². The average Bonchev–Trinajstić information content (AvgIpc) is 3.39. The third-order valence-corrected chi connectivity index (χ3v) is 13.7. The van der Waals surface area contributed by atoms with Crippen molar-refractivity contribution >= 4 is 5.78 Å². The first-order valence-electron chi connectivity index (χ1n) is 15.3. The minimum atomic E-state index is -0.485. The van der Waals surface area contributed by atoms with Crippen LogP contribution in [-0.2, 0) is 11.3 Å². The highest BCUT2D eigenvalue weighted by Gasteiger charge is 2.70. The first kappa shape index (κ1) is 26.9. The number of nitrogens with zero attached hydrogens (tertiary/aromatic N) is 3. The van der Waals surface area contributed by atoms with Crippen LogP contribution in [0.3, 0.4) is 0 Å². The predicted octanol–water partition coefficient (Wildman–Crippen LogP) is 7.67. The van der Waals surface area contributed by atoms with E-state index in [9.17, 15) is 15.2 Å². The van der Waals surface area contributed by atoms with E-state index < -0.39 is 5.41 Å². The number of rotatable bonds is 2. The fourth-order valence-corrected chi connectivity index (χ4v) is 11.3. The van der Waals surface area contributed by atoms with Crippen LogP contribution in [0.1, 0.15) is 93.4 Å². The topological polar surface area (TPSA) is 78.9 Å². The van der Waals surface area contributed by atoms with E-state index >= 15 is 0 Å². The number of aliphatic hydroxyl groups is 1. The highest BCUT2D eigenvalue weighted by atomic mass is 16.3. The Balaban J connectivity index is 1.50. The zero-order valence-corrected chi connectivity index (χ0v) is 25.1. The van der Waals surface area contributed by atoms with E-state index in [0.29, 0.717) is 35.5 Å². The van der Waals surface area contributed by atoms with Crippen molar-refractivity contribution in [3.05, 3.63) is 41.7 Å². The minimum Gasteiger partial charge on any atom is -0.511 e. The molecule has 0 spiro atoms. The van der Waals surface area contributed by atoms with Gasteiger partial charge in [-0.2, -0.15) is 5.26 Å². The summed E-state index contributed by atoms with van der Waals surface area (Å²) in [5.41, 5.74) is 0.849. The smallest absolute Gasteiger partial charge is 0.159 e. The quantitative estimate of drug-likeness (QED) is 0.426. The number of carbonyl (C=O) groups is 1. The lowest BCUT2D eigenvalue weighted by Gasteiger charge is -2.70. The number of carbonyl (C=O) groups excluding carboxylic acids is 1. The zero-order chi connectivity index (χ0) is 28.2. The van der Waals surface area contributed by atoms with Crippen LogP contribution in [0.25, 0.3) is 0 Å². The van der Waals surface area contributed by atoms with Gasteiger partial charge in [0.2, 0.25) is 0 Å². The lowest BCUT2D eigenvalue weighted by Crippen LogP contribution is -2.65. The summed E-state index contributed by atoms with van der Waals surface area (Å²) in [6.07, 6.45) is 15.2. The number of hydrogen-bond donors (Lipinski definition) is 1. The molecule has 1 aromatic rings. The summed E-state index contributed by atoms with van der Waals surface area (Å²) in [6.45, 7) is 17.2. The molecule has 5 nitrogen and oxygen atoms in total. The molecule has 5 aliphatic carbocycles. The van der Waals surface area contributed by atoms with Gasteiger partial charge in [0, 0.05) is 30.3 Å². The Kier molecular flexibility index (Phi) is 5.74. The van der Waals surface area contributed by atoms with Crippen LogP contribution in [0.2, 0.25) is 0 Å². The Morgan fingerprint density at radius 3 is 2.51 bits per heavy atom. The summed E-state index contributed by atoms with van der Waals surface area (Å²) in [4.78, 5) is 19.0. The number of aliphatic hydroxyl groups excluding tert-OH is 1. The molecule has 39 heavy (non-hydrogen) atoms. The molecule has 5 aliphatic rings. The van der Waals surface area contributed by atoms with E-state index in [1.165, 1.54) is 18.4 Å². The van der Waals surface area contributed by atoms with Crippen molar-refractivity contribution in [1.29, 1.82) is 5.26 Å². The van der Waals surface area contributed by atoms with E-state index in [2.05, 4.69) is 76.4 Å². The maximum atomic E-state index is 14.7. The van der Waals surface area contributed by atoms with Gasteiger partial charge >= 0.3 is 0 Å². The summed E-state index contributed by atoms with van der Waals surface area (Å²) >= 11 is 0. The first-order chi connectivity index (χ1) is 18.2. The molecule has 0 radical (unpaired) electrons. The maximum Gasteiger partial charge on any atom is 0.159 e. The van der Waals surface area contributed by atoms with Gasteiger partial charge in [0.1, 0.15) is 5.76 Å². The number of aromatic nitrogens is 2. The maximum absolute atomic E-state index is 14.7. The molecular formula is C34H47N3O2.